The zero-order chi connectivity index (χ0) is 19.1. The highest BCUT2D eigenvalue weighted by atomic mass is 35.5. The number of amides is 2. The van der Waals surface area contributed by atoms with Crippen LogP contribution in [0.1, 0.15) is 45.6 Å². The highest BCUT2D eigenvalue weighted by Crippen LogP contribution is 2.20. The van der Waals surface area contributed by atoms with Crippen molar-refractivity contribution in [1.29, 1.82) is 0 Å². The van der Waals surface area contributed by atoms with Crippen LogP contribution in [-0.4, -0.2) is 41.9 Å². The molecule has 1 unspecified atom stereocenters. The zero-order valence-corrected chi connectivity index (χ0v) is 18.6. The van der Waals surface area contributed by atoms with E-state index in [2.05, 4.69) is 22.5 Å². The molecule has 2 amide bonds. The van der Waals surface area contributed by atoms with Gasteiger partial charge < -0.3 is 16.4 Å². The van der Waals surface area contributed by atoms with Gasteiger partial charge in [0.2, 0.25) is 11.8 Å². The second-order valence-electron chi connectivity index (χ2n) is 7.55. The van der Waals surface area contributed by atoms with Gasteiger partial charge in [0.1, 0.15) is 0 Å². The Balaban J connectivity index is 0.00000364. The van der Waals surface area contributed by atoms with Gasteiger partial charge in [-0.2, -0.15) is 0 Å². The second-order valence-corrected chi connectivity index (χ2v) is 7.55. The van der Waals surface area contributed by atoms with E-state index in [0.29, 0.717) is 6.04 Å². The number of halogens is 2. The van der Waals surface area contributed by atoms with Crippen molar-refractivity contribution in [3.63, 3.8) is 0 Å². The molecule has 1 saturated heterocycles. The molecular formula is C20H34Cl2N4O2. The predicted molar refractivity (Wildman–Crippen MR) is 119 cm³/mol. The van der Waals surface area contributed by atoms with Gasteiger partial charge in [-0.3, -0.25) is 14.5 Å². The first kappa shape index (κ1) is 26.7. The lowest BCUT2D eigenvalue weighted by atomic mass is 10.0. The first-order valence-corrected chi connectivity index (χ1v) is 9.53. The third-order valence-electron chi connectivity index (χ3n) is 5.01. The van der Waals surface area contributed by atoms with E-state index in [1.807, 2.05) is 38.1 Å². The van der Waals surface area contributed by atoms with Crippen LogP contribution in [0.4, 0.5) is 5.69 Å². The number of anilines is 1. The average Bonchev–Trinajstić information content (AvgIpc) is 2.62. The van der Waals surface area contributed by atoms with Crippen molar-refractivity contribution < 1.29 is 9.59 Å². The first-order valence-electron chi connectivity index (χ1n) is 9.53. The summed E-state index contributed by atoms with van der Waals surface area (Å²) >= 11 is 0. The lowest BCUT2D eigenvalue weighted by molar-refractivity contribution is -0.125. The maximum atomic E-state index is 12.0. The van der Waals surface area contributed by atoms with Gasteiger partial charge in [-0.25, -0.2) is 0 Å². The molecule has 1 aromatic rings. The molecular weight excluding hydrogens is 399 g/mol. The monoisotopic (exact) mass is 432 g/mol. The average molecular weight is 433 g/mol. The quantitative estimate of drug-likeness (QED) is 0.617. The summed E-state index contributed by atoms with van der Waals surface area (Å²) in [6, 6.07) is 7.93. The zero-order valence-electron chi connectivity index (χ0n) is 16.9. The Morgan fingerprint density at radius 3 is 2.39 bits per heavy atom. The SMILES string of the molecule is CC(C)[C@H](N)C(=O)NCC(=O)Nc1ccc(CN2CCCCC2C)cc1.Cl.Cl. The van der Waals surface area contributed by atoms with Crippen LogP contribution in [0, 0.1) is 5.92 Å². The van der Waals surface area contributed by atoms with Crippen LogP contribution < -0.4 is 16.4 Å². The van der Waals surface area contributed by atoms with E-state index in [-0.39, 0.29) is 49.1 Å². The molecule has 1 aliphatic rings. The second kappa shape index (κ2) is 13.0. The minimum Gasteiger partial charge on any atom is -0.346 e. The number of piperidine rings is 1. The maximum Gasteiger partial charge on any atom is 0.243 e. The van der Waals surface area contributed by atoms with Crippen molar-refractivity contribution in [3.05, 3.63) is 29.8 Å². The number of carbonyl (C=O) groups is 2. The minimum absolute atomic E-state index is 0. The highest BCUT2D eigenvalue weighted by molar-refractivity contribution is 5.95. The smallest absolute Gasteiger partial charge is 0.243 e. The predicted octanol–water partition coefficient (Wildman–Crippen LogP) is 2.94. The van der Waals surface area contributed by atoms with Crippen LogP contribution in [0.2, 0.25) is 0 Å². The molecule has 6 nitrogen and oxygen atoms in total. The van der Waals surface area contributed by atoms with Gasteiger partial charge in [-0.15, -0.1) is 24.8 Å². The largest absolute Gasteiger partial charge is 0.346 e. The van der Waals surface area contributed by atoms with E-state index in [0.717, 1.165) is 18.8 Å². The molecule has 2 atom stereocenters. The summed E-state index contributed by atoms with van der Waals surface area (Å²) in [4.78, 5) is 26.3. The van der Waals surface area contributed by atoms with E-state index < -0.39 is 6.04 Å². The molecule has 0 aliphatic carbocycles. The molecule has 1 aromatic carbocycles. The summed E-state index contributed by atoms with van der Waals surface area (Å²) in [5, 5.41) is 5.37. The fourth-order valence-corrected chi connectivity index (χ4v) is 3.11. The number of rotatable bonds is 7. The van der Waals surface area contributed by atoms with E-state index in [1.165, 1.54) is 24.8 Å². The molecule has 0 saturated carbocycles. The molecule has 2 rings (SSSR count). The number of nitrogens with two attached hydrogens (primary N) is 1. The van der Waals surface area contributed by atoms with Crippen molar-refractivity contribution in [2.24, 2.45) is 11.7 Å². The number of nitrogens with zero attached hydrogens (tertiary/aromatic N) is 1. The highest BCUT2D eigenvalue weighted by Gasteiger charge is 2.19. The van der Waals surface area contributed by atoms with Crippen LogP contribution in [0.5, 0.6) is 0 Å². The number of hydrogen-bond donors (Lipinski definition) is 3. The van der Waals surface area contributed by atoms with Gasteiger partial charge in [-0.1, -0.05) is 32.4 Å². The van der Waals surface area contributed by atoms with Gasteiger partial charge in [0.05, 0.1) is 12.6 Å². The molecule has 0 aromatic heterocycles. The van der Waals surface area contributed by atoms with E-state index in [4.69, 9.17) is 5.73 Å². The molecule has 8 heteroatoms. The molecule has 1 fully saturated rings. The number of nitrogens with one attached hydrogen (secondary N) is 2. The molecule has 28 heavy (non-hydrogen) atoms. The molecule has 0 bridgehead atoms. The summed E-state index contributed by atoms with van der Waals surface area (Å²) in [6.45, 7) is 8.04. The van der Waals surface area contributed by atoms with Crippen molar-refractivity contribution in [3.8, 4) is 0 Å². The topological polar surface area (TPSA) is 87.5 Å². The summed E-state index contributed by atoms with van der Waals surface area (Å²) in [6.07, 6.45) is 3.85. The number of hydrogen-bond acceptors (Lipinski definition) is 4. The number of carbonyl (C=O) groups excluding carboxylic acids is 2. The lowest BCUT2D eigenvalue weighted by Gasteiger charge is -2.33. The Hall–Kier alpha value is -1.34. The van der Waals surface area contributed by atoms with Crippen LogP contribution in [0.3, 0.4) is 0 Å². The summed E-state index contributed by atoms with van der Waals surface area (Å²) in [5.41, 5.74) is 7.73. The van der Waals surface area contributed by atoms with E-state index in [9.17, 15) is 9.59 Å². The fourth-order valence-electron chi connectivity index (χ4n) is 3.11. The van der Waals surface area contributed by atoms with Gasteiger partial charge in [0.25, 0.3) is 0 Å². The Bertz CT molecular complexity index is 611. The van der Waals surface area contributed by atoms with Gasteiger partial charge in [-0.05, 0) is 49.9 Å². The summed E-state index contributed by atoms with van der Waals surface area (Å²) < 4.78 is 0. The standard InChI is InChI=1S/C20H32N4O2.2ClH/c1-14(2)19(21)20(26)22-12-18(25)23-17-9-7-16(8-10-17)13-24-11-5-4-6-15(24)3;;/h7-10,14-15,19H,4-6,11-13,21H2,1-3H3,(H,22,26)(H,23,25);2*1H/t15?,19-;;/m0../s1. The third-order valence-corrected chi connectivity index (χ3v) is 5.01. The number of likely N-dealkylation sites (tertiary alicyclic amines) is 1. The molecule has 4 N–H and O–H groups in total. The molecule has 1 aliphatic heterocycles. The van der Waals surface area contributed by atoms with Crippen LogP contribution in [0.25, 0.3) is 0 Å². The Morgan fingerprint density at radius 2 is 1.82 bits per heavy atom. The van der Waals surface area contributed by atoms with Gasteiger partial charge >= 0.3 is 0 Å². The first-order chi connectivity index (χ1) is 12.4. The minimum atomic E-state index is -0.598. The molecule has 0 spiro atoms. The lowest BCUT2D eigenvalue weighted by Crippen LogP contribution is -2.46. The van der Waals surface area contributed by atoms with Crippen molar-refractivity contribution >= 4 is 42.3 Å². The van der Waals surface area contributed by atoms with Crippen LogP contribution >= 0.6 is 24.8 Å². The van der Waals surface area contributed by atoms with Gasteiger partial charge in [0, 0.05) is 18.3 Å². The number of benzene rings is 1. The van der Waals surface area contributed by atoms with Crippen molar-refractivity contribution in [2.75, 3.05) is 18.4 Å². The normalized spacial score (nSPS) is 17.8. The Kier molecular flexibility index (Phi) is 12.4. The van der Waals surface area contributed by atoms with E-state index in [1.54, 1.807) is 0 Å². The van der Waals surface area contributed by atoms with Crippen LogP contribution in [0.15, 0.2) is 24.3 Å². The van der Waals surface area contributed by atoms with Crippen LogP contribution in [-0.2, 0) is 16.1 Å². The maximum absolute atomic E-state index is 12.0. The Labute approximate surface area is 180 Å². The van der Waals surface area contributed by atoms with Gasteiger partial charge in [0.15, 0.2) is 0 Å². The molecule has 1 heterocycles. The molecule has 160 valence electrons. The van der Waals surface area contributed by atoms with E-state index >= 15 is 0 Å². The summed E-state index contributed by atoms with van der Waals surface area (Å²) in [5.74, 6) is -0.527. The third kappa shape index (κ3) is 8.35. The fraction of sp³-hybridized carbons (Fsp3) is 0.600. The van der Waals surface area contributed by atoms with Crippen molar-refractivity contribution in [1.82, 2.24) is 10.2 Å². The van der Waals surface area contributed by atoms with Crippen molar-refractivity contribution in [2.45, 2.75) is 58.7 Å². The summed E-state index contributed by atoms with van der Waals surface area (Å²) in [7, 11) is 0. The molecule has 0 radical (unpaired) electrons. The Morgan fingerprint density at radius 1 is 1.18 bits per heavy atom.